The maximum Gasteiger partial charge on any atom is 0.295 e. The number of carbonyl (C=O) groups is 1. The Labute approximate surface area is 118 Å². The molecule has 0 aromatic heterocycles. The largest absolute Gasteiger partial charge is 0.472 e. The van der Waals surface area contributed by atoms with E-state index in [9.17, 15) is 13.2 Å². The van der Waals surface area contributed by atoms with Crippen molar-refractivity contribution in [3.8, 4) is 0 Å². The van der Waals surface area contributed by atoms with Crippen molar-refractivity contribution in [3.05, 3.63) is 35.9 Å². The van der Waals surface area contributed by atoms with E-state index in [4.69, 9.17) is 4.74 Å². The van der Waals surface area contributed by atoms with E-state index in [0.29, 0.717) is 5.56 Å². The molecule has 0 aliphatic rings. The van der Waals surface area contributed by atoms with Crippen LogP contribution in [0.5, 0.6) is 0 Å². The number of hydrogen-bond acceptors (Lipinski definition) is 5. The van der Waals surface area contributed by atoms with Gasteiger partial charge in [-0.1, -0.05) is 30.3 Å². The Morgan fingerprint density at radius 2 is 1.89 bits per heavy atom. The van der Waals surface area contributed by atoms with E-state index < -0.39 is 14.4 Å². The van der Waals surface area contributed by atoms with Crippen molar-refractivity contribution < 1.29 is 17.9 Å². The molecule has 104 valence electrons. The lowest BCUT2D eigenvalue weighted by Crippen LogP contribution is -2.35. The van der Waals surface area contributed by atoms with Crippen molar-refractivity contribution in [1.29, 1.82) is 0 Å². The summed E-state index contributed by atoms with van der Waals surface area (Å²) in [4.78, 5) is 11.7. The van der Waals surface area contributed by atoms with Crippen LogP contribution in [0.4, 0.5) is 0 Å². The van der Waals surface area contributed by atoms with Gasteiger partial charge in [-0.2, -0.15) is 4.72 Å². The van der Waals surface area contributed by atoms with E-state index in [2.05, 4.69) is 16.9 Å². The minimum atomic E-state index is -3.92. The van der Waals surface area contributed by atoms with Crippen LogP contribution in [0.3, 0.4) is 0 Å². The quantitative estimate of drug-likeness (QED) is 0.659. The predicted molar refractivity (Wildman–Crippen MR) is 76.5 cm³/mol. The zero-order valence-electron chi connectivity index (χ0n) is 10.6. The smallest absolute Gasteiger partial charge is 0.295 e. The molecule has 0 saturated carbocycles. The van der Waals surface area contributed by atoms with Crippen LogP contribution in [0, 0.1) is 0 Å². The first-order chi connectivity index (χ1) is 8.83. The highest BCUT2D eigenvalue weighted by Gasteiger charge is 2.21. The summed E-state index contributed by atoms with van der Waals surface area (Å²) in [5.41, 5.74) is 0.431. The van der Waals surface area contributed by atoms with Crippen molar-refractivity contribution in [2.45, 2.75) is 20.0 Å². The molecule has 1 aromatic rings. The maximum absolute atomic E-state index is 11.7. The Morgan fingerprint density at radius 3 is 2.42 bits per heavy atom. The van der Waals surface area contributed by atoms with Crippen molar-refractivity contribution in [2.75, 3.05) is 6.54 Å². The number of ketones is 1. The lowest BCUT2D eigenvalue weighted by atomic mass is 10.1. The second-order valence-electron chi connectivity index (χ2n) is 4.03. The first-order valence-corrected chi connectivity index (χ1v) is 7.50. The Kier molecular flexibility index (Phi) is 5.59. The molecule has 0 bridgehead atoms. The maximum atomic E-state index is 11.7. The standard InChI is InChI=1S/C12H15NO4S2/c1-9(2)17-12(18)19(15,16)13-8-11(14)10-6-4-3-5-7-10/h3-7,9,13H,8H2,1-2H3. The minimum Gasteiger partial charge on any atom is -0.472 e. The highest BCUT2D eigenvalue weighted by Crippen LogP contribution is 2.01. The molecule has 0 heterocycles. The summed E-state index contributed by atoms with van der Waals surface area (Å²) in [5.74, 6) is -0.337. The summed E-state index contributed by atoms with van der Waals surface area (Å²) in [6.45, 7) is 2.97. The van der Waals surface area contributed by atoms with Crippen LogP contribution >= 0.6 is 12.2 Å². The predicted octanol–water partition coefficient (Wildman–Crippen LogP) is 1.50. The molecule has 1 N–H and O–H groups in total. The van der Waals surface area contributed by atoms with Crippen LogP contribution in [-0.2, 0) is 14.8 Å². The van der Waals surface area contributed by atoms with Crippen LogP contribution in [-0.4, -0.2) is 31.2 Å². The van der Waals surface area contributed by atoms with Crippen molar-refractivity contribution >= 4 is 32.4 Å². The molecule has 7 heteroatoms. The molecule has 1 aromatic carbocycles. The fourth-order valence-corrected chi connectivity index (χ4v) is 2.33. The summed E-state index contributed by atoms with van der Waals surface area (Å²) in [7, 11) is -3.92. The molecule has 5 nitrogen and oxygen atoms in total. The average molecular weight is 301 g/mol. The van der Waals surface area contributed by atoms with Crippen LogP contribution in [0.15, 0.2) is 30.3 Å². The summed E-state index contributed by atoms with van der Waals surface area (Å²) in [6.07, 6.45) is -0.339. The molecule has 0 aliphatic heterocycles. The van der Waals surface area contributed by atoms with Gasteiger partial charge in [0.05, 0.1) is 12.6 Å². The van der Waals surface area contributed by atoms with Gasteiger partial charge in [-0.25, -0.2) is 8.42 Å². The van der Waals surface area contributed by atoms with Gasteiger partial charge >= 0.3 is 0 Å². The van der Waals surface area contributed by atoms with Gasteiger partial charge in [0.2, 0.25) is 0 Å². The molecule has 1 rings (SSSR count). The number of Topliss-reactive ketones (excluding diaryl/α,β-unsaturated/α-hetero) is 1. The molecular formula is C12H15NO4S2. The lowest BCUT2D eigenvalue weighted by Gasteiger charge is -2.11. The second-order valence-corrected chi connectivity index (χ2v) is 6.33. The van der Waals surface area contributed by atoms with Crippen LogP contribution in [0.1, 0.15) is 24.2 Å². The van der Waals surface area contributed by atoms with Gasteiger partial charge in [0.25, 0.3) is 14.4 Å². The first-order valence-electron chi connectivity index (χ1n) is 5.61. The molecule has 0 aliphatic carbocycles. The normalized spacial score (nSPS) is 11.3. The zero-order chi connectivity index (χ0) is 14.5. The highest BCUT2D eigenvalue weighted by atomic mass is 32.2. The third-order valence-electron chi connectivity index (χ3n) is 2.07. The number of carbonyl (C=O) groups excluding carboxylic acids is 1. The Balaban J connectivity index is 2.61. The van der Waals surface area contributed by atoms with Crippen molar-refractivity contribution in [2.24, 2.45) is 0 Å². The number of hydrogen-bond donors (Lipinski definition) is 1. The third kappa shape index (κ3) is 5.06. The number of thiocarbonyl (C=S) groups is 1. The Bertz CT molecular complexity index is 552. The number of ether oxygens (including phenoxy) is 1. The van der Waals surface area contributed by atoms with Crippen LogP contribution in [0.2, 0.25) is 0 Å². The van der Waals surface area contributed by atoms with Gasteiger partial charge in [-0.05, 0) is 26.1 Å². The molecule has 0 radical (unpaired) electrons. The SMILES string of the molecule is CC(C)OC(=S)S(=O)(=O)NCC(=O)c1ccccc1. The third-order valence-corrected chi connectivity index (χ3v) is 3.88. The van der Waals surface area contributed by atoms with Crippen molar-refractivity contribution in [1.82, 2.24) is 4.72 Å². The molecule has 0 unspecified atom stereocenters. The summed E-state index contributed by atoms with van der Waals surface area (Å²) in [5, 5.41) is 0. The molecule has 0 amide bonds. The first kappa shape index (κ1) is 15.7. The summed E-state index contributed by atoms with van der Waals surface area (Å²) in [6, 6.07) is 8.40. The summed E-state index contributed by atoms with van der Waals surface area (Å²) >= 11 is 4.65. The number of benzene rings is 1. The molecule has 0 saturated heterocycles. The van der Waals surface area contributed by atoms with E-state index in [1.807, 2.05) is 0 Å². The van der Waals surface area contributed by atoms with Gasteiger partial charge in [-0.15, -0.1) is 0 Å². The van der Waals surface area contributed by atoms with E-state index >= 15 is 0 Å². The Morgan fingerprint density at radius 1 is 1.32 bits per heavy atom. The molecular weight excluding hydrogens is 286 g/mol. The molecule has 0 spiro atoms. The van der Waals surface area contributed by atoms with Crippen LogP contribution < -0.4 is 4.72 Å². The van der Waals surface area contributed by atoms with E-state index in [0.717, 1.165) is 0 Å². The van der Waals surface area contributed by atoms with Crippen molar-refractivity contribution in [3.63, 3.8) is 0 Å². The number of sulfonamides is 1. The topological polar surface area (TPSA) is 72.5 Å². The van der Waals surface area contributed by atoms with Gasteiger partial charge in [0.1, 0.15) is 0 Å². The van der Waals surface area contributed by atoms with Gasteiger partial charge < -0.3 is 4.74 Å². The molecule has 0 atom stereocenters. The zero-order valence-corrected chi connectivity index (χ0v) is 12.3. The number of nitrogens with one attached hydrogen (secondary N) is 1. The Hall–Kier alpha value is -1.31. The van der Waals surface area contributed by atoms with Gasteiger partial charge in [0.15, 0.2) is 5.78 Å². The number of rotatable bonds is 5. The van der Waals surface area contributed by atoms with E-state index in [1.165, 1.54) is 0 Å². The second kappa shape index (κ2) is 6.74. The molecule has 0 fully saturated rings. The fourth-order valence-electron chi connectivity index (χ4n) is 1.20. The monoisotopic (exact) mass is 301 g/mol. The summed E-state index contributed by atoms with van der Waals surface area (Å²) < 4.78 is 29.8. The van der Waals surface area contributed by atoms with Gasteiger partial charge in [-0.3, -0.25) is 4.79 Å². The van der Waals surface area contributed by atoms with Crippen LogP contribution in [0.25, 0.3) is 0 Å². The average Bonchev–Trinajstić information content (AvgIpc) is 2.36. The minimum absolute atomic E-state index is 0.337. The van der Waals surface area contributed by atoms with E-state index in [1.54, 1.807) is 44.2 Å². The van der Waals surface area contributed by atoms with Gasteiger partial charge in [0, 0.05) is 5.56 Å². The lowest BCUT2D eigenvalue weighted by molar-refractivity contribution is 0.0997. The molecule has 19 heavy (non-hydrogen) atoms. The highest BCUT2D eigenvalue weighted by molar-refractivity contribution is 8.15. The fraction of sp³-hybridized carbons (Fsp3) is 0.333. The van der Waals surface area contributed by atoms with E-state index in [-0.39, 0.29) is 18.4 Å².